The van der Waals surface area contributed by atoms with Gasteiger partial charge in [-0.15, -0.1) is 0 Å². The van der Waals surface area contributed by atoms with Gasteiger partial charge in [0, 0.05) is 6.61 Å². The summed E-state index contributed by atoms with van der Waals surface area (Å²) in [5.74, 6) is -0.241. The van der Waals surface area contributed by atoms with E-state index in [1.807, 2.05) is 6.92 Å². The number of nitrogens with one attached hydrogen (secondary N) is 1. The summed E-state index contributed by atoms with van der Waals surface area (Å²) in [6.45, 7) is 11.7. The Morgan fingerprint density at radius 1 is 1.64 bits per heavy atom. The molecule has 1 N–H and O–H groups in total. The standard InChI is InChI=1S/C11H19NO2/c1-5-7-8-14-11(9(3)4)12-10(13)6-2/h6,11H,2-3,5,7-8H2,1,4H3,(H,12,13). The second-order valence-corrected chi connectivity index (χ2v) is 3.16. The Labute approximate surface area is 85.8 Å². The van der Waals surface area contributed by atoms with Gasteiger partial charge in [0.1, 0.15) is 0 Å². The highest BCUT2D eigenvalue weighted by Gasteiger charge is 2.10. The predicted molar refractivity (Wildman–Crippen MR) is 57.8 cm³/mol. The first-order chi connectivity index (χ1) is 6.61. The third-order valence-electron chi connectivity index (χ3n) is 1.69. The average molecular weight is 197 g/mol. The van der Waals surface area contributed by atoms with Gasteiger partial charge in [-0.3, -0.25) is 4.79 Å². The molecular formula is C11H19NO2. The lowest BCUT2D eigenvalue weighted by Gasteiger charge is -2.18. The third kappa shape index (κ3) is 5.54. The highest BCUT2D eigenvalue weighted by molar-refractivity contribution is 5.87. The molecule has 1 unspecified atom stereocenters. The second kappa shape index (κ2) is 7.33. The molecule has 0 fully saturated rings. The molecule has 3 nitrogen and oxygen atoms in total. The molecule has 0 aliphatic carbocycles. The van der Waals surface area contributed by atoms with E-state index in [4.69, 9.17) is 4.74 Å². The Kier molecular flexibility index (Phi) is 6.76. The van der Waals surface area contributed by atoms with E-state index in [0.717, 1.165) is 18.4 Å². The lowest BCUT2D eigenvalue weighted by molar-refractivity contribution is -0.119. The summed E-state index contributed by atoms with van der Waals surface area (Å²) in [5, 5.41) is 2.65. The maximum Gasteiger partial charge on any atom is 0.245 e. The van der Waals surface area contributed by atoms with Crippen LogP contribution in [0, 0.1) is 0 Å². The number of ether oxygens (including phenoxy) is 1. The number of carbonyl (C=O) groups excluding carboxylic acids is 1. The van der Waals surface area contributed by atoms with Crippen LogP contribution in [0.3, 0.4) is 0 Å². The zero-order valence-corrected chi connectivity index (χ0v) is 9.01. The summed E-state index contributed by atoms with van der Waals surface area (Å²) in [6, 6.07) is 0. The van der Waals surface area contributed by atoms with E-state index < -0.39 is 6.23 Å². The monoisotopic (exact) mass is 197 g/mol. The van der Waals surface area contributed by atoms with E-state index in [1.54, 1.807) is 0 Å². The molecule has 0 aromatic heterocycles. The number of unbranched alkanes of at least 4 members (excludes halogenated alkanes) is 1. The van der Waals surface area contributed by atoms with Crippen molar-refractivity contribution < 1.29 is 9.53 Å². The van der Waals surface area contributed by atoms with Crippen LogP contribution in [-0.2, 0) is 9.53 Å². The third-order valence-corrected chi connectivity index (χ3v) is 1.69. The van der Waals surface area contributed by atoms with Crippen LogP contribution in [0.1, 0.15) is 26.7 Å². The van der Waals surface area contributed by atoms with Gasteiger partial charge in [-0.25, -0.2) is 0 Å². The van der Waals surface area contributed by atoms with Gasteiger partial charge >= 0.3 is 0 Å². The number of hydrogen-bond acceptors (Lipinski definition) is 2. The summed E-state index contributed by atoms with van der Waals surface area (Å²) in [4.78, 5) is 11.0. The van der Waals surface area contributed by atoms with Crippen LogP contribution in [0.15, 0.2) is 24.8 Å². The summed E-state index contributed by atoms with van der Waals surface area (Å²) in [5.41, 5.74) is 0.788. The van der Waals surface area contributed by atoms with Crippen molar-refractivity contribution in [2.45, 2.75) is 32.9 Å². The van der Waals surface area contributed by atoms with Crippen LogP contribution in [-0.4, -0.2) is 18.7 Å². The van der Waals surface area contributed by atoms with Gasteiger partial charge in [0.25, 0.3) is 0 Å². The molecule has 0 aliphatic heterocycles. The lowest BCUT2D eigenvalue weighted by Crippen LogP contribution is -2.36. The molecule has 0 radical (unpaired) electrons. The van der Waals surface area contributed by atoms with Gasteiger partial charge in [-0.1, -0.05) is 26.5 Å². The number of hydrogen-bond donors (Lipinski definition) is 1. The molecule has 0 saturated carbocycles. The fourth-order valence-corrected chi connectivity index (χ4v) is 0.841. The minimum atomic E-state index is -0.396. The molecule has 0 bridgehead atoms. The minimum absolute atomic E-state index is 0.241. The largest absolute Gasteiger partial charge is 0.355 e. The Bertz CT molecular complexity index is 211. The molecule has 0 spiro atoms. The van der Waals surface area contributed by atoms with Crippen LogP contribution in [0.5, 0.6) is 0 Å². The molecule has 1 atom stereocenters. The van der Waals surface area contributed by atoms with Crippen molar-refractivity contribution in [1.29, 1.82) is 0 Å². The maximum absolute atomic E-state index is 11.0. The van der Waals surface area contributed by atoms with Gasteiger partial charge < -0.3 is 10.1 Å². The van der Waals surface area contributed by atoms with E-state index in [2.05, 4.69) is 25.4 Å². The molecule has 1 amide bonds. The molecule has 80 valence electrons. The van der Waals surface area contributed by atoms with Gasteiger partial charge in [-0.2, -0.15) is 0 Å². The Morgan fingerprint density at radius 3 is 2.71 bits per heavy atom. The highest BCUT2D eigenvalue weighted by atomic mass is 16.5. The first kappa shape index (κ1) is 12.9. The molecule has 0 saturated heterocycles. The maximum atomic E-state index is 11.0. The quantitative estimate of drug-likeness (QED) is 0.293. The first-order valence-corrected chi connectivity index (χ1v) is 4.81. The van der Waals surface area contributed by atoms with E-state index in [0.29, 0.717) is 6.61 Å². The summed E-state index contributed by atoms with van der Waals surface area (Å²) in [7, 11) is 0. The zero-order chi connectivity index (χ0) is 11.0. The van der Waals surface area contributed by atoms with E-state index >= 15 is 0 Å². The highest BCUT2D eigenvalue weighted by Crippen LogP contribution is 2.02. The summed E-state index contributed by atoms with van der Waals surface area (Å²) < 4.78 is 5.44. The van der Waals surface area contributed by atoms with Crippen molar-refractivity contribution in [3.05, 3.63) is 24.8 Å². The van der Waals surface area contributed by atoms with Crippen LogP contribution in [0.25, 0.3) is 0 Å². The first-order valence-electron chi connectivity index (χ1n) is 4.81. The average Bonchev–Trinajstić information content (AvgIpc) is 2.16. The summed E-state index contributed by atoms with van der Waals surface area (Å²) >= 11 is 0. The minimum Gasteiger partial charge on any atom is -0.355 e. The molecule has 14 heavy (non-hydrogen) atoms. The SMILES string of the molecule is C=CC(=O)NC(OCCCC)C(=C)C. The van der Waals surface area contributed by atoms with Crippen LogP contribution in [0.2, 0.25) is 0 Å². The Hall–Kier alpha value is -1.09. The van der Waals surface area contributed by atoms with E-state index in [9.17, 15) is 4.79 Å². The number of carbonyl (C=O) groups is 1. The number of amides is 1. The smallest absolute Gasteiger partial charge is 0.245 e. The molecule has 0 heterocycles. The van der Waals surface area contributed by atoms with Gasteiger partial charge in [-0.05, 0) is 25.0 Å². The van der Waals surface area contributed by atoms with E-state index in [-0.39, 0.29) is 5.91 Å². The lowest BCUT2D eigenvalue weighted by atomic mass is 10.3. The fraction of sp³-hybridized carbons (Fsp3) is 0.545. The normalized spacial score (nSPS) is 11.9. The molecule has 0 rings (SSSR count). The van der Waals surface area contributed by atoms with Crippen molar-refractivity contribution in [3.8, 4) is 0 Å². The Morgan fingerprint density at radius 2 is 2.29 bits per heavy atom. The summed E-state index contributed by atoms with van der Waals surface area (Å²) in [6.07, 6.45) is 2.87. The molecule has 0 aromatic carbocycles. The topological polar surface area (TPSA) is 38.3 Å². The van der Waals surface area contributed by atoms with Crippen molar-refractivity contribution in [2.24, 2.45) is 0 Å². The molecule has 0 aromatic rings. The van der Waals surface area contributed by atoms with Crippen LogP contribution < -0.4 is 5.32 Å². The van der Waals surface area contributed by atoms with Crippen LogP contribution in [0.4, 0.5) is 0 Å². The molecule has 3 heteroatoms. The van der Waals surface area contributed by atoms with Crippen LogP contribution >= 0.6 is 0 Å². The van der Waals surface area contributed by atoms with Crippen molar-refractivity contribution in [2.75, 3.05) is 6.61 Å². The molecule has 0 aliphatic rings. The molecular weight excluding hydrogens is 178 g/mol. The van der Waals surface area contributed by atoms with Gasteiger partial charge in [0.05, 0.1) is 0 Å². The van der Waals surface area contributed by atoms with Crippen molar-refractivity contribution in [3.63, 3.8) is 0 Å². The van der Waals surface area contributed by atoms with E-state index in [1.165, 1.54) is 6.08 Å². The van der Waals surface area contributed by atoms with Gasteiger partial charge in [0.15, 0.2) is 6.23 Å². The van der Waals surface area contributed by atoms with Crippen molar-refractivity contribution >= 4 is 5.91 Å². The number of rotatable bonds is 7. The van der Waals surface area contributed by atoms with Gasteiger partial charge in [0.2, 0.25) is 5.91 Å². The zero-order valence-electron chi connectivity index (χ0n) is 9.01. The fourth-order valence-electron chi connectivity index (χ4n) is 0.841. The Balaban J connectivity index is 3.96. The second-order valence-electron chi connectivity index (χ2n) is 3.16. The predicted octanol–water partition coefficient (Wildman–Crippen LogP) is 2.01. The van der Waals surface area contributed by atoms with Crippen molar-refractivity contribution in [1.82, 2.24) is 5.32 Å².